The maximum absolute atomic E-state index is 12.8. The molecular formula is C21H24N4O2. The van der Waals surface area contributed by atoms with Gasteiger partial charge in [-0.3, -0.25) is 9.69 Å². The summed E-state index contributed by atoms with van der Waals surface area (Å²) in [4.78, 5) is 15.2. The van der Waals surface area contributed by atoms with Gasteiger partial charge in [-0.1, -0.05) is 36.4 Å². The second kappa shape index (κ2) is 7.50. The minimum atomic E-state index is -0.113. The minimum absolute atomic E-state index is 0.0399. The zero-order chi connectivity index (χ0) is 18.8. The fraction of sp³-hybridized carbons (Fsp3) is 0.333. The van der Waals surface area contributed by atoms with Crippen LogP contribution in [0.1, 0.15) is 28.9 Å². The molecule has 0 aliphatic carbocycles. The van der Waals surface area contributed by atoms with E-state index in [9.17, 15) is 4.79 Å². The molecule has 1 unspecified atom stereocenters. The summed E-state index contributed by atoms with van der Waals surface area (Å²) < 4.78 is 7.38. The van der Waals surface area contributed by atoms with Crippen molar-refractivity contribution in [2.75, 3.05) is 20.2 Å². The third-order valence-electron chi connectivity index (χ3n) is 5.41. The number of nitrogens with one attached hydrogen (secondary N) is 1. The molecule has 3 aromatic rings. The highest BCUT2D eigenvalue weighted by Crippen LogP contribution is 2.26. The number of carbonyl (C=O) groups excluding carboxylic acids is 1. The lowest BCUT2D eigenvalue weighted by molar-refractivity contribution is 0.0751. The molecule has 1 aliphatic rings. The summed E-state index contributed by atoms with van der Waals surface area (Å²) in [5.41, 5.74) is 2.65. The summed E-state index contributed by atoms with van der Waals surface area (Å²) in [6.45, 7) is 3.73. The second-order valence-corrected chi connectivity index (χ2v) is 6.98. The monoisotopic (exact) mass is 364 g/mol. The van der Waals surface area contributed by atoms with Crippen LogP contribution in [0, 0.1) is 0 Å². The highest BCUT2D eigenvalue weighted by molar-refractivity contribution is 6.00. The summed E-state index contributed by atoms with van der Waals surface area (Å²) in [6, 6.07) is 16.3. The summed E-state index contributed by atoms with van der Waals surface area (Å²) in [5.74, 6) is -0.113. The first kappa shape index (κ1) is 17.7. The van der Waals surface area contributed by atoms with Crippen LogP contribution in [-0.4, -0.2) is 52.8 Å². The van der Waals surface area contributed by atoms with Gasteiger partial charge in [-0.05, 0) is 24.6 Å². The lowest BCUT2D eigenvalue weighted by atomic mass is 10.1. The predicted octanol–water partition coefficient (Wildman–Crippen LogP) is 2.52. The van der Waals surface area contributed by atoms with Gasteiger partial charge in [0.1, 0.15) is 0 Å². The molecule has 0 bridgehead atoms. The zero-order valence-corrected chi connectivity index (χ0v) is 15.6. The molecule has 1 saturated heterocycles. The van der Waals surface area contributed by atoms with Gasteiger partial charge in [-0.25, -0.2) is 4.52 Å². The zero-order valence-electron chi connectivity index (χ0n) is 15.6. The van der Waals surface area contributed by atoms with E-state index in [1.54, 1.807) is 17.8 Å². The SMILES string of the molecule is CO[C@@H]1CN(C(C)c2ccccc2)C[C@H]1NC(=O)c1cnn2ccccc12. The number of hydrogen-bond acceptors (Lipinski definition) is 4. The number of methoxy groups -OCH3 is 1. The standard InChI is InChI=1S/C21H24N4O2/c1-15(16-8-4-3-5-9-16)24-13-18(20(14-24)27-2)23-21(26)17-12-22-25-11-7-6-10-19(17)25/h3-12,15,18,20H,13-14H2,1-2H3,(H,23,26)/t15?,18-,20-/m1/s1. The number of pyridine rings is 1. The second-order valence-electron chi connectivity index (χ2n) is 6.98. The highest BCUT2D eigenvalue weighted by atomic mass is 16.5. The number of nitrogens with zero attached hydrogens (tertiary/aromatic N) is 3. The number of rotatable bonds is 5. The third kappa shape index (κ3) is 3.46. The van der Waals surface area contributed by atoms with E-state index in [0.29, 0.717) is 5.56 Å². The molecule has 6 heteroatoms. The van der Waals surface area contributed by atoms with Gasteiger partial charge in [0.15, 0.2) is 0 Å². The molecule has 1 aliphatic heterocycles. The van der Waals surface area contributed by atoms with Crippen molar-refractivity contribution in [1.29, 1.82) is 0 Å². The Balaban J connectivity index is 1.49. The molecule has 3 heterocycles. The average molecular weight is 364 g/mol. The van der Waals surface area contributed by atoms with Crippen molar-refractivity contribution >= 4 is 11.4 Å². The molecule has 1 fully saturated rings. The number of amides is 1. The van der Waals surface area contributed by atoms with Crippen LogP contribution in [0.5, 0.6) is 0 Å². The van der Waals surface area contributed by atoms with Crippen LogP contribution in [0.3, 0.4) is 0 Å². The van der Waals surface area contributed by atoms with Crippen LogP contribution < -0.4 is 5.32 Å². The first-order chi connectivity index (χ1) is 13.2. The molecular weight excluding hydrogens is 340 g/mol. The summed E-state index contributed by atoms with van der Waals surface area (Å²) in [7, 11) is 1.70. The van der Waals surface area contributed by atoms with Crippen molar-refractivity contribution in [3.8, 4) is 0 Å². The van der Waals surface area contributed by atoms with Crippen molar-refractivity contribution in [2.45, 2.75) is 25.1 Å². The van der Waals surface area contributed by atoms with Crippen LogP contribution in [0.2, 0.25) is 0 Å². The molecule has 4 rings (SSSR count). The maximum Gasteiger partial charge on any atom is 0.255 e. The van der Waals surface area contributed by atoms with E-state index in [4.69, 9.17) is 4.74 Å². The smallest absolute Gasteiger partial charge is 0.255 e. The van der Waals surface area contributed by atoms with Gasteiger partial charge in [-0.15, -0.1) is 0 Å². The maximum atomic E-state index is 12.8. The average Bonchev–Trinajstić information content (AvgIpc) is 3.32. The van der Waals surface area contributed by atoms with Crippen LogP contribution in [0.25, 0.3) is 5.52 Å². The van der Waals surface area contributed by atoms with Gasteiger partial charge in [-0.2, -0.15) is 5.10 Å². The molecule has 140 valence electrons. The van der Waals surface area contributed by atoms with Crippen molar-refractivity contribution in [1.82, 2.24) is 19.8 Å². The molecule has 0 saturated carbocycles. The van der Waals surface area contributed by atoms with Crippen molar-refractivity contribution in [2.24, 2.45) is 0 Å². The van der Waals surface area contributed by atoms with Gasteiger partial charge >= 0.3 is 0 Å². The van der Waals surface area contributed by atoms with Gasteiger partial charge in [0.05, 0.1) is 29.4 Å². The van der Waals surface area contributed by atoms with Crippen molar-refractivity contribution in [3.05, 3.63) is 72.1 Å². The van der Waals surface area contributed by atoms with Crippen LogP contribution >= 0.6 is 0 Å². The van der Waals surface area contributed by atoms with E-state index < -0.39 is 0 Å². The van der Waals surface area contributed by atoms with E-state index in [1.807, 2.05) is 30.5 Å². The molecule has 27 heavy (non-hydrogen) atoms. The van der Waals surface area contributed by atoms with Gasteiger partial charge < -0.3 is 10.1 Å². The molecule has 2 aromatic heterocycles. The Hall–Kier alpha value is -2.70. The largest absolute Gasteiger partial charge is 0.378 e. The number of hydrogen-bond donors (Lipinski definition) is 1. The Bertz CT molecular complexity index is 924. The highest BCUT2D eigenvalue weighted by Gasteiger charge is 2.36. The molecule has 1 amide bonds. The van der Waals surface area contributed by atoms with Gasteiger partial charge in [0.25, 0.3) is 5.91 Å². The summed E-state index contributed by atoms with van der Waals surface area (Å²) in [6.07, 6.45) is 3.41. The first-order valence-corrected chi connectivity index (χ1v) is 9.22. The van der Waals surface area contributed by atoms with E-state index in [2.05, 4.69) is 46.5 Å². The molecule has 0 radical (unpaired) electrons. The van der Waals surface area contributed by atoms with Crippen LogP contribution in [0.15, 0.2) is 60.9 Å². The number of ether oxygens (including phenoxy) is 1. The number of fused-ring (bicyclic) bond motifs is 1. The predicted molar refractivity (Wildman–Crippen MR) is 104 cm³/mol. The molecule has 0 spiro atoms. The van der Waals surface area contributed by atoms with Crippen LogP contribution in [-0.2, 0) is 4.74 Å². The topological polar surface area (TPSA) is 58.9 Å². The molecule has 1 aromatic carbocycles. The Morgan fingerprint density at radius 3 is 2.74 bits per heavy atom. The van der Waals surface area contributed by atoms with E-state index in [1.165, 1.54) is 5.56 Å². The number of benzene rings is 1. The fourth-order valence-electron chi connectivity index (χ4n) is 3.79. The third-order valence-corrected chi connectivity index (χ3v) is 5.41. The van der Waals surface area contributed by atoms with Gasteiger partial charge in [0.2, 0.25) is 0 Å². The Labute approximate surface area is 158 Å². The summed E-state index contributed by atoms with van der Waals surface area (Å²) in [5, 5.41) is 7.40. The Kier molecular flexibility index (Phi) is 4.92. The number of aromatic nitrogens is 2. The minimum Gasteiger partial charge on any atom is -0.378 e. The lowest BCUT2D eigenvalue weighted by Gasteiger charge is -2.24. The van der Waals surface area contributed by atoms with Crippen LogP contribution in [0.4, 0.5) is 0 Å². The van der Waals surface area contributed by atoms with E-state index in [0.717, 1.165) is 18.6 Å². The van der Waals surface area contributed by atoms with Crippen molar-refractivity contribution in [3.63, 3.8) is 0 Å². The quantitative estimate of drug-likeness (QED) is 0.756. The fourth-order valence-corrected chi connectivity index (χ4v) is 3.79. The van der Waals surface area contributed by atoms with Gasteiger partial charge in [0, 0.05) is 32.4 Å². The van der Waals surface area contributed by atoms with E-state index >= 15 is 0 Å². The Morgan fingerprint density at radius 2 is 1.96 bits per heavy atom. The Morgan fingerprint density at radius 1 is 1.19 bits per heavy atom. The number of carbonyl (C=O) groups is 1. The molecule has 6 nitrogen and oxygen atoms in total. The van der Waals surface area contributed by atoms with E-state index in [-0.39, 0.29) is 24.1 Å². The normalized spacial score (nSPS) is 21.4. The molecule has 3 atom stereocenters. The van der Waals surface area contributed by atoms with Crippen molar-refractivity contribution < 1.29 is 9.53 Å². The lowest BCUT2D eigenvalue weighted by Crippen LogP contribution is -2.43. The molecule has 1 N–H and O–H groups in total. The summed E-state index contributed by atoms with van der Waals surface area (Å²) >= 11 is 0. The number of likely N-dealkylation sites (tertiary alicyclic amines) is 1. The first-order valence-electron chi connectivity index (χ1n) is 9.22.